The van der Waals surface area contributed by atoms with Gasteiger partial charge in [-0.3, -0.25) is 4.79 Å². The van der Waals surface area contributed by atoms with E-state index in [1.54, 1.807) is 32.0 Å². The number of aryl methyl sites for hydroxylation is 2. The molecule has 1 aromatic heterocycles. The smallest absolute Gasteiger partial charge is 0.257 e. The third kappa shape index (κ3) is 2.56. The zero-order chi connectivity index (χ0) is 16.7. The average molecular weight is 313 g/mol. The number of fused-ring (bicyclic) bond motifs is 1. The van der Waals surface area contributed by atoms with E-state index in [9.17, 15) is 9.90 Å². The normalized spacial score (nSPS) is 16.8. The van der Waals surface area contributed by atoms with E-state index in [1.165, 1.54) is 0 Å². The van der Waals surface area contributed by atoms with Crippen LogP contribution in [-0.4, -0.2) is 28.1 Å². The van der Waals surface area contributed by atoms with E-state index in [0.717, 1.165) is 11.1 Å². The van der Waals surface area contributed by atoms with E-state index in [-0.39, 0.29) is 17.7 Å². The molecule has 1 aliphatic heterocycles. The van der Waals surface area contributed by atoms with Crippen molar-refractivity contribution in [1.82, 2.24) is 10.1 Å². The molecule has 1 atom stereocenters. The minimum Gasteiger partial charge on any atom is -0.508 e. The van der Waals surface area contributed by atoms with Gasteiger partial charge in [0.15, 0.2) is 5.76 Å². The van der Waals surface area contributed by atoms with Gasteiger partial charge in [0, 0.05) is 13.2 Å². The highest BCUT2D eigenvalue weighted by Crippen LogP contribution is 2.36. The Morgan fingerprint density at radius 1 is 1.39 bits per heavy atom. The van der Waals surface area contributed by atoms with Crippen molar-refractivity contribution in [2.24, 2.45) is 0 Å². The summed E-state index contributed by atoms with van der Waals surface area (Å²) < 4.78 is 5.08. The Bertz CT molecular complexity index is 788. The predicted molar refractivity (Wildman–Crippen MR) is 86.9 cm³/mol. The maximum Gasteiger partial charge on any atom is 0.257 e. The number of rotatable bonds is 2. The van der Waals surface area contributed by atoms with Gasteiger partial charge in [-0.15, -0.1) is 0 Å². The van der Waals surface area contributed by atoms with Gasteiger partial charge in [0.05, 0.1) is 11.6 Å². The molecule has 1 unspecified atom stereocenters. The van der Waals surface area contributed by atoms with Crippen LogP contribution >= 0.6 is 0 Å². The number of carbonyl (C=O) groups excluding carboxylic acids is 1. The third-order valence-corrected chi connectivity index (χ3v) is 4.24. The second-order valence-electron chi connectivity index (χ2n) is 5.81. The van der Waals surface area contributed by atoms with Gasteiger partial charge >= 0.3 is 0 Å². The van der Waals surface area contributed by atoms with E-state index in [0.29, 0.717) is 22.7 Å². The Kier molecular flexibility index (Phi) is 3.60. The van der Waals surface area contributed by atoms with Crippen LogP contribution in [0.1, 0.15) is 35.5 Å². The fraction of sp³-hybridized carbons (Fsp3) is 0.294. The molecule has 0 bridgehead atoms. The van der Waals surface area contributed by atoms with Crippen LogP contribution in [0.15, 0.2) is 28.9 Å². The summed E-state index contributed by atoms with van der Waals surface area (Å²) in [5, 5.41) is 16.4. The number of hydrogen-bond donors (Lipinski definition) is 2. The van der Waals surface area contributed by atoms with Gasteiger partial charge in [-0.1, -0.05) is 11.2 Å². The molecule has 6 nitrogen and oxygen atoms in total. The summed E-state index contributed by atoms with van der Waals surface area (Å²) >= 11 is 0. The number of benzene rings is 1. The van der Waals surface area contributed by atoms with Crippen molar-refractivity contribution in [1.29, 1.82) is 0 Å². The maximum absolute atomic E-state index is 12.7. The van der Waals surface area contributed by atoms with Gasteiger partial charge in [0.1, 0.15) is 17.1 Å². The van der Waals surface area contributed by atoms with Gasteiger partial charge in [-0.05, 0) is 44.0 Å². The standard InChI is InChI=1S/C17H19N3O3/c1-9-16(11(3)23-19-9)18-17(22)15-8-20(4)10(2)14-7-12(21)5-6-13(14)15/h5-8,10,21H,1-4H3,(H,18,22). The van der Waals surface area contributed by atoms with Crippen molar-refractivity contribution in [3.8, 4) is 5.75 Å². The first kappa shape index (κ1) is 15.1. The van der Waals surface area contributed by atoms with Crippen LogP contribution in [0.3, 0.4) is 0 Å². The second kappa shape index (κ2) is 5.46. The first-order valence-electron chi connectivity index (χ1n) is 7.39. The fourth-order valence-corrected chi connectivity index (χ4v) is 2.77. The molecular formula is C17H19N3O3. The number of phenolic OH excluding ortho intramolecular Hbond substituents is 1. The van der Waals surface area contributed by atoms with Crippen molar-refractivity contribution in [2.45, 2.75) is 26.8 Å². The van der Waals surface area contributed by atoms with Gasteiger partial charge in [0.2, 0.25) is 0 Å². The first-order chi connectivity index (χ1) is 10.9. The number of aromatic hydroxyl groups is 1. The topological polar surface area (TPSA) is 78.6 Å². The number of hydrogen-bond acceptors (Lipinski definition) is 5. The minimum atomic E-state index is -0.231. The van der Waals surface area contributed by atoms with Gasteiger partial charge in [-0.2, -0.15) is 0 Å². The lowest BCUT2D eigenvalue weighted by atomic mass is 9.91. The molecule has 1 aromatic carbocycles. The summed E-state index contributed by atoms with van der Waals surface area (Å²) in [6, 6.07) is 5.14. The zero-order valence-corrected chi connectivity index (χ0v) is 13.5. The van der Waals surface area contributed by atoms with E-state index in [4.69, 9.17) is 4.52 Å². The highest BCUT2D eigenvalue weighted by Gasteiger charge is 2.27. The van der Waals surface area contributed by atoms with E-state index in [1.807, 2.05) is 25.1 Å². The molecule has 1 amide bonds. The number of aromatic nitrogens is 1. The van der Waals surface area contributed by atoms with Crippen molar-refractivity contribution in [2.75, 3.05) is 12.4 Å². The first-order valence-corrected chi connectivity index (χ1v) is 7.39. The van der Waals surface area contributed by atoms with Crippen molar-refractivity contribution >= 4 is 17.2 Å². The quantitative estimate of drug-likeness (QED) is 0.891. The zero-order valence-electron chi connectivity index (χ0n) is 13.5. The Morgan fingerprint density at radius 2 is 2.13 bits per heavy atom. The highest BCUT2D eigenvalue weighted by molar-refractivity contribution is 6.26. The van der Waals surface area contributed by atoms with Gasteiger partial charge in [0.25, 0.3) is 5.91 Å². The molecule has 23 heavy (non-hydrogen) atoms. The Hall–Kier alpha value is -2.76. The maximum atomic E-state index is 12.7. The highest BCUT2D eigenvalue weighted by atomic mass is 16.5. The van der Waals surface area contributed by atoms with Crippen LogP contribution in [-0.2, 0) is 4.79 Å². The summed E-state index contributed by atoms with van der Waals surface area (Å²) in [6.07, 6.45) is 1.82. The van der Waals surface area contributed by atoms with Crippen molar-refractivity contribution in [3.63, 3.8) is 0 Å². The Balaban J connectivity index is 1.99. The lowest BCUT2D eigenvalue weighted by Crippen LogP contribution is -2.26. The molecule has 2 heterocycles. The number of nitrogens with one attached hydrogen (secondary N) is 1. The van der Waals surface area contributed by atoms with Gasteiger partial charge in [-0.25, -0.2) is 0 Å². The summed E-state index contributed by atoms with van der Waals surface area (Å²) in [4.78, 5) is 14.7. The van der Waals surface area contributed by atoms with Crippen molar-refractivity contribution < 1.29 is 14.4 Å². The number of nitrogens with zero attached hydrogens (tertiary/aromatic N) is 2. The summed E-state index contributed by atoms with van der Waals surface area (Å²) in [7, 11) is 1.90. The molecule has 6 heteroatoms. The monoisotopic (exact) mass is 313 g/mol. The summed E-state index contributed by atoms with van der Waals surface area (Å²) in [5.74, 6) is 0.529. The summed E-state index contributed by atoms with van der Waals surface area (Å²) in [6.45, 7) is 5.56. The molecule has 0 radical (unpaired) electrons. The molecule has 120 valence electrons. The fourth-order valence-electron chi connectivity index (χ4n) is 2.77. The van der Waals surface area contributed by atoms with Crippen LogP contribution in [0.2, 0.25) is 0 Å². The average Bonchev–Trinajstić information content (AvgIpc) is 2.83. The van der Waals surface area contributed by atoms with Crippen LogP contribution in [0.5, 0.6) is 5.75 Å². The molecule has 2 aromatic rings. The molecule has 3 rings (SSSR count). The predicted octanol–water partition coefficient (Wildman–Crippen LogP) is 2.98. The SMILES string of the molecule is Cc1noc(C)c1NC(=O)C1=CN(C)C(C)c2cc(O)ccc21. The lowest BCUT2D eigenvalue weighted by Gasteiger charge is -2.31. The van der Waals surface area contributed by atoms with E-state index in [2.05, 4.69) is 10.5 Å². The molecule has 1 aliphatic rings. The molecule has 0 saturated carbocycles. The number of carbonyl (C=O) groups is 1. The third-order valence-electron chi connectivity index (χ3n) is 4.24. The minimum absolute atomic E-state index is 0.0766. The van der Waals surface area contributed by atoms with Crippen molar-refractivity contribution in [3.05, 3.63) is 47.0 Å². The van der Waals surface area contributed by atoms with E-state index < -0.39 is 0 Å². The summed E-state index contributed by atoms with van der Waals surface area (Å²) in [5.41, 5.74) is 3.51. The van der Waals surface area contributed by atoms with Gasteiger partial charge < -0.3 is 19.8 Å². The van der Waals surface area contributed by atoms with E-state index >= 15 is 0 Å². The largest absolute Gasteiger partial charge is 0.508 e. The molecule has 0 aliphatic carbocycles. The lowest BCUT2D eigenvalue weighted by molar-refractivity contribution is -0.111. The number of phenols is 1. The molecular weight excluding hydrogens is 294 g/mol. The second-order valence-corrected chi connectivity index (χ2v) is 5.81. The Morgan fingerprint density at radius 3 is 2.78 bits per heavy atom. The number of anilines is 1. The van der Waals surface area contributed by atoms with Crippen LogP contribution in [0, 0.1) is 13.8 Å². The molecule has 0 fully saturated rings. The van der Waals surface area contributed by atoms with Crippen LogP contribution < -0.4 is 5.32 Å². The molecule has 2 N–H and O–H groups in total. The molecule has 0 spiro atoms. The van der Waals surface area contributed by atoms with Crippen LogP contribution in [0.25, 0.3) is 5.57 Å². The van der Waals surface area contributed by atoms with Crippen LogP contribution in [0.4, 0.5) is 5.69 Å². The molecule has 0 saturated heterocycles. The Labute approximate surface area is 134 Å². The number of amides is 1.